The molecule has 1 N–H and O–H groups in total. The highest BCUT2D eigenvalue weighted by atomic mass is 35.5. The molecule has 2 aromatic carbocycles. The normalized spacial score (nSPS) is 14.1. The summed E-state index contributed by atoms with van der Waals surface area (Å²) >= 11 is 11.8. The van der Waals surface area contributed by atoms with Crippen LogP contribution in [0.5, 0.6) is 0 Å². The van der Waals surface area contributed by atoms with Crippen molar-refractivity contribution in [2.24, 2.45) is 0 Å². The molecular weight excluding hydrogens is 347 g/mol. The van der Waals surface area contributed by atoms with Gasteiger partial charge >= 0.3 is 0 Å². The summed E-state index contributed by atoms with van der Waals surface area (Å²) in [4.78, 5) is 25.9. The molecule has 1 heterocycles. The van der Waals surface area contributed by atoms with Gasteiger partial charge in [0.05, 0.1) is 10.0 Å². The van der Waals surface area contributed by atoms with Gasteiger partial charge in [0, 0.05) is 30.8 Å². The molecule has 2 amide bonds. The summed E-state index contributed by atoms with van der Waals surface area (Å²) in [5, 5.41) is 3.58. The van der Waals surface area contributed by atoms with Crippen LogP contribution in [0.25, 0.3) is 0 Å². The summed E-state index contributed by atoms with van der Waals surface area (Å²) in [7, 11) is 0. The molecule has 0 aromatic heterocycles. The lowest BCUT2D eigenvalue weighted by Gasteiger charge is -2.16. The van der Waals surface area contributed by atoms with Gasteiger partial charge < -0.3 is 10.2 Å². The van der Waals surface area contributed by atoms with Crippen LogP contribution >= 0.6 is 23.2 Å². The molecule has 124 valence electrons. The Morgan fingerprint density at radius 1 is 1.12 bits per heavy atom. The molecule has 1 aliphatic heterocycles. The van der Waals surface area contributed by atoms with Gasteiger partial charge in [-0.05, 0) is 42.3 Å². The molecule has 6 heteroatoms. The highest BCUT2D eigenvalue weighted by Crippen LogP contribution is 2.23. The average Bonchev–Trinajstić information content (AvgIpc) is 2.95. The quantitative estimate of drug-likeness (QED) is 0.877. The van der Waals surface area contributed by atoms with Gasteiger partial charge in [0.2, 0.25) is 5.91 Å². The lowest BCUT2D eigenvalue weighted by molar-refractivity contribution is -0.128. The smallest absolute Gasteiger partial charge is 0.255 e. The van der Waals surface area contributed by atoms with Crippen molar-refractivity contribution < 1.29 is 9.59 Å². The molecule has 0 saturated carbocycles. The number of likely N-dealkylation sites (tertiary alicyclic amines) is 1. The van der Waals surface area contributed by atoms with Crippen LogP contribution in [0.2, 0.25) is 10.0 Å². The van der Waals surface area contributed by atoms with Crippen LogP contribution in [-0.2, 0) is 11.3 Å². The van der Waals surface area contributed by atoms with Crippen LogP contribution in [0, 0.1) is 0 Å². The molecule has 3 rings (SSSR count). The summed E-state index contributed by atoms with van der Waals surface area (Å²) in [6.07, 6.45) is 1.53. The van der Waals surface area contributed by atoms with Gasteiger partial charge in [0.25, 0.3) is 5.91 Å². The number of amides is 2. The Hall–Kier alpha value is -2.04. The van der Waals surface area contributed by atoms with Gasteiger partial charge in [-0.1, -0.05) is 35.3 Å². The second kappa shape index (κ2) is 7.24. The standard InChI is InChI=1S/C18H16Cl2N2O2/c19-15-7-6-13(10-16(15)20)18(24)21-14-4-1-3-12(9-14)11-22-8-2-5-17(22)23/h1,3-4,6-7,9-10H,2,5,8,11H2,(H,21,24). The molecule has 1 fully saturated rings. The summed E-state index contributed by atoms with van der Waals surface area (Å²) in [5.41, 5.74) is 2.09. The summed E-state index contributed by atoms with van der Waals surface area (Å²) in [6, 6.07) is 12.2. The Balaban J connectivity index is 1.70. The molecule has 0 bridgehead atoms. The van der Waals surface area contributed by atoms with Crippen molar-refractivity contribution >= 4 is 40.7 Å². The Labute approximate surface area is 150 Å². The first-order valence-electron chi connectivity index (χ1n) is 7.66. The predicted octanol–water partition coefficient (Wildman–Crippen LogP) is 4.37. The third-order valence-corrected chi connectivity index (χ3v) is 4.65. The zero-order chi connectivity index (χ0) is 17.1. The number of carbonyl (C=O) groups excluding carboxylic acids is 2. The van der Waals surface area contributed by atoms with Gasteiger partial charge in [-0.15, -0.1) is 0 Å². The van der Waals surface area contributed by atoms with E-state index in [4.69, 9.17) is 23.2 Å². The van der Waals surface area contributed by atoms with Crippen molar-refractivity contribution in [3.63, 3.8) is 0 Å². The Bertz CT molecular complexity index is 792. The molecule has 0 spiro atoms. The number of benzene rings is 2. The molecule has 24 heavy (non-hydrogen) atoms. The minimum Gasteiger partial charge on any atom is -0.338 e. The largest absolute Gasteiger partial charge is 0.338 e. The number of halogens is 2. The average molecular weight is 363 g/mol. The molecule has 0 unspecified atom stereocenters. The van der Waals surface area contributed by atoms with Crippen molar-refractivity contribution in [2.45, 2.75) is 19.4 Å². The molecule has 0 atom stereocenters. The Kier molecular flexibility index (Phi) is 5.07. The van der Waals surface area contributed by atoms with E-state index in [9.17, 15) is 9.59 Å². The SMILES string of the molecule is O=C(Nc1cccc(CN2CCCC2=O)c1)c1ccc(Cl)c(Cl)c1. The van der Waals surface area contributed by atoms with E-state index in [1.165, 1.54) is 6.07 Å². The van der Waals surface area contributed by atoms with Gasteiger partial charge in [-0.3, -0.25) is 9.59 Å². The van der Waals surface area contributed by atoms with E-state index in [1.807, 2.05) is 29.2 Å². The van der Waals surface area contributed by atoms with Gasteiger partial charge in [0.1, 0.15) is 0 Å². The maximum absolute atomic E-state index is 12.3. The number of nitrogens with one attached hydrogen (secondary N) is 1. The van der Waals surface area contributed by atoms with Crippen LogP contribution in [0.15, 0.2) is 42.5 Å². The van der Waals surface area contributed by atoms with E-state index >= 15 is 0 Å². The highest BCUT2D eigenvalue weighted by Gasteiger charge is 2.20. The second-order valence-electron chi connectivity index (χ2n) is 5.70. The number of hydrogen-bond acceptors (Lipinski definition) is 2. The minimum absolute atomic E-state index is 0.181. The molecule has 0 aliphatic carbocycles. The molecule has 1 aliphatic rings. The third-order valence-electron chi connectivity index (χ3n) is 3.91. The van der Waals surface area contributed by atoms with E-state index in [-0.39, 0.29) is 11.8 Å². The third kappa shape index (κ3) is 3.89. The van der Waals surface area contributed by atoms with Crippen LogP contribution in [0.4, 0.5) is 5.69 Å². The number of anilines is 1. The fourth-order valence-corrected chi connectivity index (χ4v) is 2.98. The topological polar surface area (TPSA) is 49.4 Å². The van der Waals surface area contributed by atoms with Crippen LogP contribution < -0.4 is 5.32 Å². The van der Waals surface area contributed by atoms with Crippen molar-refractivity contribution in [2.75, 3.05) is 11.9 Å². The molecule has 1 saturated heterocycles. The van der Waals surface area contributed by atoms with Crippen LogP contribution in [0.1, 0.15) is 28.8 Å². The van der Waals surface area contributed by atoms with Gasteiger partial charge in [-0.2, -0.15) is 0 Å². The van der Waals surface area contributed by atoms with Crippen LogP contribution in [0.3, 0.4) is 0 Å². The first-order chi connectivity index (χ1) is 11.5. The number of rotatable bonds is 4. The predicted molar refractivity (Wildman–Crippen MR) is 95.5 cm³/mol. The molecule has 2 aromatic rings. The monoisotopic (exact) mass is 362 g/mol. The Morgan fingerprint density at radius 2 is 1.96 bits per heavy atom. The highest BCUT2D eigenvalue weighted by molar-refractivity contribution is 6.42. The summed E-state index contributed by atoms with van der Waals surface area (Å²) < 4.78 is 0. The van der Waals surface area contributed by atoms with E-state index < -0.39 is 0 Å². The number of hydrogen-bond donors (Lipinski definition) is 1. The van der Waals surface area contributed by atoms with Crippen molar-refractivity contribution in [3.05, 3.63) is 63.6 Å². The zero-order valence-corrected chi connectivity index (χ0v) is 14.4. The van der Waals surface area contributed by atoms with Crippen molar-refractivity contribution in [3.8, 4) is 0 Å². The zero-order valence-electron chi connectivity index (χ0n) is 12.9. The lowest BCUT2D eigenvalue weighted by atomic mass is 10.1. The van der Waals surface area contributed by atoms with Crippen LogP contribution in [-0.4, -0.2) is 23.3 Å². The minimum atomic E-state index is -0.261. The lowest BCUT2D eigenvalue weighted by Crippen LogP contribution is -2.23. The number of carbonyl (C=O) groups is 2. The fourth-order valence-electron chi connectivity index (χ4n) is 2.68. The van der Waals surface area contributed by atoms with E-state index in [0.29, 0.717) is 34.3 Å². The Morgan fingerprint density at radius 3 is 2.67 bits per heavy atom. The molecule has 4 nitrogen and oxygen atoms in total. The van der Waals surface area contributed by atoms with E-state index in [2.05, 4.69) is 5.32 Å². The number of nitrogens with zero attached hydrogens (tertiary/aromatic N) is 1. The maximum atomic E-state index is 12.3. The second-order valence-corrected chi connectivity index (χ2v) is 6.52. The maximum Gasteiger partial charge on any atom is 0.255 e. The van der Waals surface area contributed by atoms with E-state index in [1.54, 1.807) is 12.1 Å². The summed E-state index contributed by atoms with van der Waals surface area (Å²) in [6.45, 7) is 1.36. The van der Waals surface area contributed by atoms with Gasteiger partial charge in [0.15, 0.2) is 0 Å². The first kappa shape index (κ1) is 16.8. The van der Waals surface area contributed by atoms with Crippen molar-refractivity contribution in [1.82, 2.24) is 4.90 Å². The first-order valence-corrected chi connectivity index (χ1v) is 8.41. The molecular formula is C18H16Cl2N2O2. The summed E-state index contributed by atoms with van der Waals surface area (Å²) in [5.74, 6) is -0.0804. The fraction of sp³-hybridized carbons (Fsp3) is 0.222. The van der Waals surface area contributed by atoms with Crippen molar-refractivity contribution in [1.29, 1.82) is 0 Å². The van der Waals surface area contributed by atoms with Gasteiger partial charge in [-0.25, -0.2) is 0 Å². The van der Waals surface area contributed by atoms with E-state index in [0.717, 1.165) is 18.5 Å². The molecule has 0 radical (unpaired) electrons.